The highest BCUT2D eigenvalue weighted by molar-refractivity contribution is 5.69. The molecule has 0 radical (unpaired) electrons. The molecular formula is C14H28N2O2. The van der Waals surface area contributed by atoms with Crippen molar-refractivity contribution in [3.63, 3.8) is 0 Å². The first kappa shape index (κ1) is 15.4. The minimum atomic E-state index is -0.132. The molecule has 0 aliphatic carbocycles. The van der Waals surface area contributed by atoms with Gasteiger partial charge in [0.1, 0.15) is 0 Å². The maximum absolute atomic E-state index is 11.0. The molecule has 1 unspecified atom stereocenters. The number of hydrogen-bond acceptors (Lipinski definition) is 4. The lowest BCUT2D eigenvalue weighted by atomic mass is 9.90. The normalized spacial score (nSPS) is 19.7. The van der Waals surface area contributed by atoms with Crippen LogP contribution in [0.15, 0.2) is 0 Å². The second-order valence-corrected chi connectivity index (χ2v) is 5.25. The largest absolute Gasteiger partial charge is 0.469 e. The highest BCUT2D eigenvalue weighted by Gasteiger charge is 2.23. The van der Waals surface area contributed by atoms with Gasteiger partial charge in [-0.1, -0.05) is 6.92 Å². The molecule has 0 aromatic rings. The molecule has 1 aliphatic rings. The van der Waals surface area contributed by atoms with Crippen molar-refractivity contribution in [1.29, 1.82) is 0 Å². The van der Waals surface area contributed by atoms with Gasteiger partial charge in [-0.05, 0) is 51.7 Å². The number of rotatable bonds is 7. The lowest BCUT2D eigenvalue weighted by molar-refractivity contribution is -0.140. The number of likely N-dealkylation sites (tertiary alicyclic amines) is 1. The Labute approximate surface area is 111 Å². The van der Waals surface area contributed by atoms with Crippen LogP contribution in [-0.4, -0.2) is 50.2 Å². The number of esters is 1. The van der Waals surface area contributed by atoms with E-state index in [1.807, 2.05) is 0 Å². The third-order valence-corrected chi connectivity index (χ3v) is 3.90. The Kier molecular flexibility index (Phi) is 7.28. The van der Waals surface area contributed by atoms with Gasteiger partial charge in [-0.15, -0.1) is 0 Å². The van der Waals surface area contributed by atoms with Crippen LogP contribution in [0.5, 0.6) is 0 Å². The van der Waals surface area contributed by atoms with Crippen LogP contribution in [0.25, 0.3) is 0 Å². The van der Waals surface area contributed by atoms with Gasteiger partial charge in [-0.2, -0.15) is 0 Å². The van der Waals surface area contributed by atoms with Crippen LogP contribution in [0.2, 0.25) is 0 Å². The van der Waals surface area contributed by atoms with E-state index < -0.39 is 0 Å². The average Bonchev–Trinajstić information content (AvgIpc) is 2.39. The van der Waals surface area contributed by atoms with Crippen LogP contribution in [0.4, 0.5) is 0 Å². The van der Waals surface area contributed by atoms with Crippen molar-refractivity contribution < 1.29 is 9.53 Å². The molecule has 106 valence electrons. The van der Waals surface area contributed by atoms with E-state index in [0.29, 0.717) is 12.5 Å². The number of nitrogens with one attached hydrogen (secondary N) is 1. The molecule has 1 heterocycles. The van der Waals surface area contributed by atoms with Crippen LogP contribution in [0.1, 0.15) is 39.5 Å². The highest BCUT2D eigenvalue weighted by Crippen LogP contribution is 2.20. The summed E-state index contributed by atoms with van der Waals surface area (Å²) in [6.45, 7) is 8.88. The minimum absolute atomic E-state index is 0.132. The van der Waals surface area contributed by atoms with Crippen LogP contribution >= 0.6 is 0 Å². The van der Waals surface area contributed by atoms with E-state index in [9.17, 15) is 4.79 Å². The van der Waals surface area contributed by atoms with Gasteiger partial charge in [0, 0.05) is 12.6 Å². The number of carbonyl (C=O) groups excluding carboxylic acids is 1. The number of ether oxygens (including phenoxy) is 1. The first-order valence-corrected chi connectivity index (χ1v) is 7.20. The second kappa shape index (κ2) is 8.48. The Morgan fingerprint density at radius 2 is 2.11 bits per heavy atom. The number of methoxy groups -OCH3 is 1. The molecule has 0 spiro atoms. The molecule has 0 aromatic heterocycles. The summed E-state index contributed by atoms with van der Waals surface area (Å²) < 4.78 is 4.63. The van der Waals surface area contributed by atoms with Crippen molar-refractivity contribution in [2.24, 2.45) is 5.92 Å². The van der Waals surface area contributed by atoms with Crippen molar-refractivity contribution in [1.82, 2.24) is 10.2 Å². The standard InChI is InChI=1S/C14H28N2O2/c1-4-9-16-10-6-13(7-11-16)12(2)15-8-5-14(17)18-3/h12-13,15H,4-11H2,1-3H3. The van der Waals surface area contributed by atoms with Gasteiger partial charge < -0.3 is 15.0 Å². The zero-order valence-electron chi connectivity index (χ0n) is 12.1. The fraction of sp³-hybridized carbons (Fsp3) is 0.929. The van der Waals surface area contributed by atoms with Crippen LogP contribution in [-0.2, 0) is 9.53 Å². The fourth-order valence-electron chi connectivity index (χ4n) is 2.66. The number of nitrogens with zero attached hydrogens (tertiary/aromatic N) is 1. The molecule has 1 fully saturated rings. The van der Waals surface area contributed by atoms with E-state index in [2.05, 4.69) is 28.8 Å². The maximum atomic E-state index is 11.0. The molecule has 0 bridgehead atoms. The minimum Gasteiger partial charge on any atom is -0.469 e. The molecule has 0 saturated carbocycles. The molecule has 4 heteroatoms. The van der Waals surface area contributed by atoms with Gasteiger partial charge in [-0.25, -0.2) is 0 Å². The molecule has 0 aromatic carbocycles. The molecular weight excluding hydrogens is 228 g/mol. The quantitative estimate of drug-likeness (QED) is 0.703. The van der Waals surface area contributed by atoms with Crippen molar-refractivity contribution in [2.45, 2.75) is 45.6 Å². The third-order valence-electron chi connectivity index (χ3n) is 3.90. The molecule has 0 amide bonds. The van der Waals surface area contributed by atoms with Gasteiger partial charge >= 0.3 is 5.97 Å². The zero-order chi connectivity index (χ0) is 13.4. The van der Waals surface area contributed by atoms with E-state index in [-0.39, 0.29) is 5.97 Å². The predicted molar refractivity (Wildman–Crippen MR) is 73.6 cm³/mol. The van der Waals surface area contributed by atoms with Crippen LogP contribution in [0.3, 0.4) is 0 Å². The molecule has 1 aliphatic heterocycles. The smallest absolute Gasteiger partial charge is 0.306 e. The summed E-state index contributed by atoms with van der Waals surface area (Å²) in [4.78, 5) is 13.6. The molecule has 1 atom stereocenters. The summed E-state index contributed by atoms with van der Waals surface area (Å²) in [6.07, 6.45) is 4.26. The van der Waals surface area contributed by atoms with Crippen LogP contribution in [0, 0.1) is 5.92 Å². The number of carbonyl (C=O) groups is 1. The Morgan fingerprint density at radius 3 is 2.67 bits per heavy atom. The molecule has 18 heavy (non-hydrogen) atoms. The van der Waals surface area contributed by atoms with Crippen LogP contribution < -0.4 is 5.32 Å². The van der Waals surface area contributed by atoms with Crippen molar-refractivity contribution >= 4 is 5.97 Å². The predicted octanol–water partition coefficient (Wildman–Crippen LogP) is 1.65. The number of piperidine rings is 1. The van der Waals surface area contributed by atoms with E-state index in [0.717, 1.165) is 12.5 Å². The molecule has 1 saturated heterocycles. The monoisotopic (exact) mass is 256 g/mol. The lowest BCUT2D eigenvalue weighted by Crippen LogP contribution is -2.42. The topological polar surface area (TPSA) is 41.6 Å². The summed E-state index contributed by atoms with van der Waals surface area (Å²) in [5.74, 6) is 0.614. The van der Waals surface area contributed by atoms with Crippen molar-refractivity contribution in [3.05, 3.63) is 0 Å². The van der Waals surface area contributed by atoms with Crippen molar-refractivity contribution in [2.75, 3.05) is 33.3 Å². The third kappa shape index (κ3) is 5.36. The number of hydrogen-bond donors (Lipinski definition) is 1. The second-order valence-electron chi connectivity index (χ2n) is 5.25. The van der Waals surface area contributed by atoms with Gasteiger partial charge in [0.2, 0.25) is 0 Å². The fourth-order valence-corrected chi connectivity index (χ4v) is 2.66. The van der Waals surface area contributed by atoms with Gasteiger partial charge in [0.15, 0.2) is 0 Å². The maximum Gasteiger partial charge on any atom is 0.306 e. The van der Waals surface area contributed by atoms with Crippen molar-refractivity contribution in [3.8, 4) is 0 Å². The molecule has 4 nitrogen and oxygen atoms in total. The van der Waals surface area contributed by atoms with E-state index in [1.165, 1.54) is 46.0 Å². The lowest BCUT2D eigenvalue weighted by Gasteiger charge is -2.35. The molecule has 1 N–H and O–H groups in total. The van der Waals surface area contributed by atoms with E-state index in [1.54, 1.807) is 0 Å². The average molecular weight is 256 g/mol. The van der Waals surface area contributed by atoms with Gasteiger partial charge in [-0.3, -0.25) is 4.79 Å². The first-order chi connectivity index (χ1) is 8.67. The summed E-state index contributed by atoms with van der Waals surface area (Å²) in [5, 5.41) is 3.45. The van der Waals surface area contributed by atoms with Gasteiger partial charge in [0.25, 0.3) is 0 Å². The Balaban J connectivity index is 2.15. The summed E-state index contributed by atoms with van der Waals surface area (Å²) in [5.41, 5.74) is 0. The summed E-state index contributed by atoms with van der Waals surface area (Å²) >= 11 is 0. The summed E-state index contributed by atoms with van der Waals surface area (Å²) in [6, 6.07) is 0.499. The Hall–Kier alpha value is -0.610. The molecule has 1 rings (SSSR count). The Morgan fingerprint density at radius 1 is 1.44 bits per heavy atom. The highest BCUT2D eigenvalue weighted by atomic mass is 16.5. The first-order valence-electron chi connectivity index (χ1n) is 7.20. The zero-order valence-corrected chi connectivity index (χ0v) is 12.1. The van der Waals surface area contributed by atoms with E-state index in [4.69, 9.17) is 0 Å². The summed E-state index contributed by atoms with van der Waals surface area (Å²) in [7, 11) is 1.44. The van der Waals surface area contributed by atoms with Gasteiger partial charge in [0.05, 0.1) is 13.5 Å². The SMILES string of the molecule is CCCN1CCC(C(C)NCCC(=O)OC)CC1. The Bertz CT molecular complexity index is 238. The van der Waals surface area contributed by atoms with E-state index >= 15 is 0 Å².